The highest BCUT2D eigenvalue weighted by Gasteiger charge is 2.04. The van der Waals surface area contributed by atoms with E-state index in [2.05, 4.69) is 17.1 Å². The van der Waals surface area contributed by atoms with Crippen LogP contribution in [0.4, 0.5) is 0 Å². The molecule has 0 bridgehead atoms. The van der Waals surface area contributed by atoms with Crippen molar-refractivity contribution in [2.45, 2.75) is 10.1 Å². The lowest BCUT2D eigenvalue weighted by atomic mass is 10.2. The number of para-hydroxylation sites is 1. The maximum atomic E-state index is 12.0. The molecule has 19 heavy (non-hydrogen) atoms. The lowest BCUT2D eigenvalue weighted by Gasteiger charge is -2.01. The lowest BCUT2D eigenvalue weighted by Crippen LogP contribution is -1.97. The number of nitrogens with zero attached hydrogens (tertiary/aromatic N) is 1. The smallest absolute Gasteiger partial charge is 0.244 e. The Bertz CT molecular complexity index is 753. The van der Waals surface area contributed by atoms with Crippen LogP contribution < -0.4 is 4.74 Å². The molecular weight excluding hydrogens is 274 g/mol. The van der Waals surface area contributed by atoms with Gasteiger partial charge in [-0.1, -0.05) is 65.6 Å². The van der Waals surface area contributed by atoms with E-state index in [1.54, 1.807) is 11.8 Å². The van der Waals surface area contributed by atoms with Gasteiger partial charge in [-0.15, -0.1) is 0 Å². The van der Waals surface area contributed by atoms with Crippen LogP contribution in [-0.2, 0) is 5.75 Å². The van der Waals surface area contributed by atoms with Gasteiger partial charge >= 0.3 is 0 Å². The first-order chi connectivity index (χ1) is 9.33. The zero-order valence-corrected chi connectivity index (χ0v) is 11.7. The Kier molecular flexibility index (Phi) is 3.62. The van der Waals surface area contributed by atoms with Crippen LogP contribution in [-0.4, -0.2) is 4.98 Å². The van der Waals surface area contributed by atoms with Crippen LogP contribution >= 0.6 is 23.1 Å². The molecule has 3 aromatic rings. The molecule has 0 atom stereocenters. The van der Waals surface area contributed by atoms with E-state index in [4.69, 9.17) is 0 Å². The molecule has 0 amide bonds. The number of fused-ring (bicyclic) bond motifs is 1. The molecule has 0 aliphatic rings. The van der Waals surface area contributed by atoms with Crippen molar-refractivity contribution in [1.82, 2.24) is 4.98 Å². The zero-order valence-electron chi connectivity index (χ0n) is 10.1. The van der Waals surface area contributed by atoms with Crippen molar-refractivity contribution in [3.05, 3.63) is 69.7 Å². The maximum absolute atomic E-state index is 12.0. The largest absolute Gasteiger partial charge is 0.277 e. The number of hydrogen-bond donors (Lipinski definition) is 0. The lowest BCUT2D eigenvalue weighted by molar-refractivity contribution is 1.27. The summed E-state index contributed by atoms with van der Waals surface area (Å²) in [6.07, 6.45) is 0. The van der Waals surface area contributed by atoms with Crippen LogP contribution in [0.5, 0.6) is 0 Å². The summed E-state index contributed by atoms with van der Waals surface area (Å²) < 4.78 is 0.911. The van der Waals surface area contributed by atoms with Gasteiger partial charge in [-0.25, -0.2) is 4.98 Å². The highest BCUT2D eigenvalue weighted by molar-refractivity contribution is 8.00. The van der Waals surface area contributed by atoms with Gasteiger partial charge in [0.05, 0.1) is 10.9 Å². The van der Waals surface area contributed by atoms with E-state index >= 15 is 0 Å². The second-order valence-corrected chi connectivity index (χ2v) is 6.24. The summed E-state index contributed by atoms with van der Waals surface area (Å²) in [5.74, 6) is 0.835. The second-order valence-electron chi connectivity index (χ2n) is 4.06. The molecule has 0 aliphatic carbocycles. The van der Waals surface area contributed by atoms with Gasteiger partial charge in [-0.2, -0.15) is 0 Å². The molecule has 3 rings (SSSR count). The van der Waals surface area contributed by atoms with Crippen molar-refractivity contribution in [1.29, 1.82) is 0 Å². The zero-order chi connectivity index (χ0) is 13.1. The van der Waals surface area contributed by atoms with Crippen LogP contribution in [0.25, 0.3) is 10.9 Å². The molecule has 0 unspecified atom stereocenters. The van der Waals surface area contributed by atoms with E-state index in [0.717, 1.165) is 15.6 Å². The maximum Gasteiger partial charge on any atom is 0.244 e. The van der Waals surface area contributed by atoms with Crippen LogP contribution in [0.1, 0.15) is 5.56 Å². The van der Waals surface area contributed by atoms with Crippen molar-refractivity contribution in [2.24, 2.45) is 0 Å². The fraction of sp³-hybridized carbons (Fsp3) is 0.0667. The first kappa shape index (κ1) is 12.4. The molecule has 0 aliphatic heterocycles. The average molecular weight is 285 g/mol. The SMILES string of the molecule is O=c1sc(SCc2ccccc2)nc2ccccc12. The van der Waals surface area contributed by atoms with Crippen molar-refractivity contribution in [3.8, 4) is 0 Å². The third-order valence-electron chi connectivity index (χ3n) is 2.72. The fourth-order valence-corrected chi connectivity index (χ4v) is 3.65. The molecule has 0 radical (unpaired) electrons. The van der Waals surface area contributed by atoms with Crippen LogP contribution in [0, 0.1) is 0 Å². The predicted molar refractivity (Wildman–Crippen MR) is 81.9 cm³/mol. The van der Waals surface area contributed by atoms with Gasteiger partial charge in [0.1, 0.15) is 0 Å². The predicted octanol–water partition coefficient (Wildman–Crippen LogP) is 3.95. The molecule has 0 saturated carbocycles. The Morgan fingerprint density at radius 2 is 1.74 bits per heavy atom. The van der Waals surface area contributed by atoms with Crippen molar-refractivity contribution in [2.75, 3.05) is 0 Å². The van der Waals surface area contributed by atoms with E-state index < -0.39 is 0 Å². The molecule has 0 fully saturated rings. The Hall–Kier alpha value is -1.65. The molecule has 94 valence electrons. The Balaban J connectivity index is 1.88. The van der Waals surface area contributed by atoms with Crippen LogP contribution in [0.15, 0.2) is 63.7 Å². The summed E-state index contributed by atoms with van der Waals surface area (Å²) in [7, 11) is 0. The van der Waals surface area contributed by atoms with E-state index in [0.29, 0.717) is 5.39 Å². The first-order valence-corrected chi connectivity index (χ1v) is 7.70. The molecule has 0 spiro atoms. The van der Waals surface area contributed by atoms with E-state index in [1.165, 1.54) is 16.9 Å². The standard InChI is InChI=1S/C15H11NOS2/c17-14-12-8-4-5-9-13(12)16-15(19-14)18-10-11-6-2-1-3-7-11/h1-9H,10H2. The minimum absolute atomic E-state index is 0.0844. The van der Waals surface area contributed by atoms with Crippen molar-refractivity contribution >= 4 is 34.0 Å². The number of hydrogen-bond acceptors (Lipinski definition) is 4. The van der Waals surface area contributed by atoms with Gasteiger partial charge in [0.15, 0.2) is 4.34 Å². The van der Waals surface area contributed by atoms with Crippen molar-refractivity contribution < 1.29 is 0 Å². The minimum Gasteiger partial charge on any atom is -0.277 e. The third kappa shape index (κ3) is 2.85. The molecule has 2 nitrogen and oxygen atoms in total. The topological polar surface area (TPSA) is 30.0 Å². The molecule has 0 N–H and O–H groups in total. The molecule has 1 heterocycles. The highest BCUT2D eigenvalue weighted by atomic mass is 32.2. The molecular formula is C15H11NOS2. The average Bonchev–Trinajstić information content (AvgIpc) is 2.46. The number of aromatic nitrogens is 1. The van der Waals surface area contributed by atoms with Gasteiger partial charge in [0.25, 0.3) is 0 Å². The molecule has 4 heteroatoms. The summed E-state index contributed by atoms with van der Waals surface area (Å²) in [5.41, 5.74) is 2.02. The minimum atomic E-state index is 0.0844. The van der Waals surface area contributed by atoms with E-state index in [1.807, 2.05) is 42.5 Å². The Labute approximate surface area is 119 Å². The van der Waals surface area contributed by atoms with Crippen LogP contribution in [0.2, 0.25) is 0 Å². The summed E-state index contributed by atoms with van der Waals surface area (Å²) >= 11 is 2.83. The normalized spacial score (nSPS) is 10.7. The monoisotopic (exact) mass is 285 g/mol. The third-order valence-corrected chi connectivity index (χ3v) is 4.81. The highest BCUT2D eigenvalue weighted by Crippen LogP contribution is 2.24. The summed E-state index contributed by atoms with van der Waals surface area (Å²) in [6, 6.07) is 17.7. The summed E-state index contributed by atoms with van der Waals surface area (Å²) in [6.45, 7) is 0. The van der Waals surface area contributed by atoms with Gasteiger partial charge in [-0.3, -0.25) is 4.79 Å². The molecule has 2 aromatic carbocycles. The summed E-state index contributed by atoms with van der Waals surface area (Å²) in [5, 5.41) is 0.705. The Morgan fingerprint density at radius 3 is 2.58 bits per heavy atom. The molecule has 0 saturated heterocycles. The number of thioether (sulfide) groups is 1. The van der Waals surface area contributed by atoms with E-state index in [9.17, 15) is 4.79 Å². The molecule has 1 aromatic heterocycles. The van der Waals surface area contributed by atoms with Gasteiger partial charge < -0.3 is 0 Å². The van der Waals surface area contributed by atoms with Gasteiger partial charge in [0.2, 0.25) is 4.74 Å². The second kappa shape index (κ2) is 5.55. The van der Waals surface area contributed by atoms with Gasteiger partial charge in [-0.05, 0) is 17.7 Å². The Morgan fingerprint density at radius 1 is 1.00 bits per heavy atom. The fourth-order valence-electron chi connectivity index (χ4n) is 1.78. The van der Waals surface area contributed by atoms with Crippen LogP contribution in [0.3, 0.4) is 0 Å². The number of benzene rings is 2. The van der Waals surface area contributed by atoms with Crippen molar-refractivity contribution in [3.63, 3.8) is 0 Å². The summed E-state index contributed by atoms with van der Waals surface area (Å²) in [4.78, 5) is 16.5. The first-order valence-electron chi connectivity index (χ1n) is 5.89. The van der Waals surface area contributed by atoms with E-state index in [-0.39, 0.29) is 4.74 Å². The quantitative estimate of drug-likeness (QED) is 0.683. The number of rotatable bonds is 3. The van der Waals surface area contributed by atoms with Gasteiger partial charge in [0, 0.05) is 5.75 Å².